The van der Waals surface area contributed by atoms with Crippen molar-refractivity contribution < 1.29 is 19.1 Å². The number of carbonyl (C=O) groups is 2. The second-order valence-corrected chi connectivity index (χ2v) is 14.5. The maximum absolute atomic E-state index is 13.3. The molecule has 0 spiro atoms. The van der Waals surface area contributed by atoms with Crippen molar-refractivity contribution in [1.29, 1.82) is 0 Å². The topological polar surface area (TPSA) is 52.6 Å². The van der Waals surface area contributed by atoms with E-state index in [1.165, 1.54) is 12.8 Å². The van der Waals surface area contributed by atoms with E-state index in [1.807, 2.05) is 0 Å². The molecule has 35 heavy (non-hydrogen) atoms. The van der Waals surface area contributed by atoms with E-state index in [-0.39, 0.29) is 45.1 Å². The van der Waals surface area contributed by atoms with Crippen molar-refractivity contribution in [3.05, 3.63) is 11.6 Å². The second-order valence-electron chi connectivity index (χ2n) is 14.5. The molecule has 5 rings (SSSR count). The quantitative estimate of drug-likeness (QED) is 0.306. The molecule has 0 heterocycles. The van der Waals surface area contributed by atoms with Crippen LogP contribution in [0.5, 0.6) is 0 Å². The molecule has 4 nitrogen and oxygen atoms in total. The summed E-state index contributed by atoms with van der Waals surface area (Å²) in [4.78, 5) is 25.0. The second kappa shape index (κ2) is 8.09. The lowest BCUT2D eigenvalue weighted by molar-refractivity contribution is -0.184. The molecule has 0 amide bonds. The monoisotopic (exact) mass is 484 g/mol. The number of fused-ring (bicyclic) bond motifs is 7. The summed E-state index contributed by atoms with van der Waals surface area (Å²) >= 11 is 0. The third-order valence-electron chi connectivity index (χ3n) is 12.6. The molecule has 0 aromatic heterocycles. The zero-order chi connectivity index (χ0) is 25.4. The summed E-state index contributed by atoms with van der Waals surface area (Å²) in [6.45, 7) is 14.0. The van der Waals surface area contributed by atoms with Gasteiger partial charge in [-0.05, 0) is 110 Å². The molecule has 0 aromatic carbocycles. The number of ether oxygens (including phenoxy) is 2. The molecule has 0 bridgehead atoms. The lowest BCUT2D eigenvalue weighted by atomic mass is 9.35. The van der Waals surface area contributed by atoms with Gasteiger partial charge in [-0.3, -0.25) is 9.59 Å². The minimum atomic E-state index is -0.331. The molecule has 4 heteroatoms. The fourth-order valence-corrected chi connectivity index (χ4v) is 10.3. The van der Waals surface area contributed by atoms with E-state index < -0.39 is 0 Å². The molecule has 5 aliphatic rings. The lowest BCUT2D eigenvalue weighted by Gasteiger charge is -2.69. The summed E-state index contributed by atoms with van der Waals surface area (Å²) in [5.74, 6) is 1.48. The van der Waals surface area contributed by atoms with Crippen LogP contribution in [-0.4, -0.2) is 25.2 Å². The molecule has 8 unspecified atom stereocenters. The van der Waals surface area contributed by atoms with E-state index in [0.29, 0.717) is 17.8 Å². The molecular weight excluding hydrogens is 436 g/mol. The molecule has 4 fully saturated rings. The van der Waals surface area contributed by atoms with Crippen LogP contribution in [0.15, 0.2) is 11.6 Å². The minimum Gasteiger partial charge on any atom is -0.469 e. The first kappa shape index (κ1) is 25.3. The van der Waals surface area contributed by atoms with Gasteiger partial charge in [0.15, 0.2) is 0 Å². The first-order valence-electron chi connectivity index (χ1n) is 14.3. The Balaban J connectivity index is 1.52. The molecule has 0 aliphatic heterocycles. The summed E-state index contributed by atoms with van der Waals surface area (Å²) in [6.07, 6.45) is 14.7. The zero-order valence-corrected chi connectivity index (χ0v) is 23.3. The summed E-state index contributed by atoms with van der Waals surface area (Å²) in [5.41, 5.74) is 2.18. The normalized spacial score (nSPS) is 48.3. The maximum atomic E-state index is 13.3. The van der Waals surface area contributed by atoms with E-state index in [0.717, 1.165) is 57.8 Å². The van der Waals surface area contributed by atoms with Gasteiger partial charge in [0.05, 0.1) is 12.5 Å². The van der Waals surface area contributed by atoms with Gasteiger partial charge in [0.1, 0.15) is 6.10 Å². The van der Waals surface area contributed by atoms with Crippen molar-refractivity contribution in [2.45, 2.75) is 118 Å². The van der Waals surface area contributed by atoms with Gasteiger partial charge >= 0.3 is 11.9 Å². The highest BCUT2D eigenvalue weighted by atomic mass is 16.5. The molecule has 0 aromatic rings. The van der Waals surface area contributed by atoms with Crippen LogP contribution in [0, 0.1) is 44.8 Å². The standard InChI is InChI=1S/C31H48O4/c1-20(32)35-22-11-12-28(4)21(18-22)10-13-30(6)25(28)9-8-23-24-19-27(2,3)14-16-31(24,26(33)34-7)17-15-29(23,30)5/h8,21-22,24-25H,9-19H2,1-7H3. The zero-order valence-electron chi connectivity index (χ0n) is 23.3. The van der Waals surface area contributed by atoms with Crippen molar-refractivity contribution in [3.63, 3.8) is 0 Å². The molecule has 0 saturated heterocycles. The molecule has 0 radical (unpaired) electrons. The third kappa shape index (κ3) is 3.51. The van der Waals surface area contributed by atoms with Crippen molar-refractivity contribution in [2.75, 3.05) is 7.11 Å². The van der Waals surface area contributed by atoms with Crippen LogP contribution in [0.3, 0.4) is 0 Å². The number of hydrogen-bond acceptors (Lipinski definition) is 4. The number of methoxy groups -OCH3 is 1. The first-order valence-corrected chi connectivity index (χ1v) is 14.3. The van der Waals surface area contributed by atoms with Gasteiger partial charge in [-0.15, -0.1) is 0 Å². The van der Waals surface area contributed by atoms with Crippen LogP contribution in [0.2, 0.25) is 0 Å². The summed E-state index contributed by atoms with van der Waals surface area (Å²) in [7, 11) is 1.59. The van der Waals surface area contributed by atoms with Crippen molar-refractivity contribution in [3.8, 4) is 0 Å². The predicted octanol–water partition coefficient (Wildman–Crippen LogP) is 7.26. The summed E-state index contributed by atoms with van der Waals surface area (Å²) < 4.78 is 11.2. The van der Waals surface area contributed by atoms with Crippen molar-refractivity contribution in [2.24, 2.45) is 44.8 Å². The van der Waals surface area contributed by atoms with Crippen LogP contribution in [0.1, 0.15) is 112 Å². The molecule has 196 valence electrons. The maximum Gasteiger partial charge on any atom is 0.312 e. The van der Waals surface area contributed by atoms with Gasteiger partial charge in [0.25, 0.3) is 0 Å². The number of carbonyl (C=O) groups excluding carboxylic acids is 2. The Hall–Kier alpha value is -1.32. The Morgan fingerprint density at radius 2 is 1.66 bits per heavy atom. The molecule has 0 N–H and O–H groups in total. The average Bonchev–Trinajstić information content (AvgIpc) is 2.79. The fraction of sp³-hybridized carbons (Fsp3) is 0.871. The Kier molecular flexibility index (Phi) is 5.85. The highest BCUT2D eigenvalue weighted by molar-refractivity contribution is 5.78. The van der Waals surface area contributed by atoms with Crippen molar-refractivity contribution >= 4 is 11.9 Å². The van der Waals surface area contributed by atoms with Gasteiger partial charge < -0.3 is 9.47 Å². The van der Waals surface area contributed by atoms with Gasteiger partial charge in [-0.2, -0.15) is 0 Å². The molecule has 4 saturated carbocycles. The van der Waals surface area contributed by atoms with Crippen molar-refractivity contribution in [1.82, 2.24) is 0 Å². The van der Waals surface area contributed by atoms with E-state index in [9.17, 15) is 9.59 Å². The van der Waals surface area contributed by atoms with Crippen LogP contribution < -0.4 is 0 Å². The van der Waals surface area contributed by atoms with Crippen LogP contribution in [-0.2, 0) is 19.1 Å². The van der Waals surface area contributed by atoms with Crippen LogP contribution in [0.4, 0.5) is 0 Å². The lowest BCUT2D eigenvalue weighted by Crippen LogP contribution is -2.63. The molecular formula is C31H48O4. The third-order valence-corrected chi connectivity index (χ3v) is 12.6. The number of rotatable bonds is 2. The number of esters is 2. The average molecular weight is 485 g/mol. The minimum absolute atomic E-state index is 0.0349. The van der Waals surface area contributed by atoms with Crippen LogP contribution in [0.25, 0.3) is 0 Å². The van der Waals surface area contributed by atoms with Gasteiger partial charge in [0, 0.05) is 6.92 Å². The number of hydrogen-bond donors (Lipinski definition) is 0. The van der Waals surface area contributed by atoms with E-state index in [1.54, 1.807) is 19.6 Å². The Bertz CT molecular complexity index is 934. The fourth-order valence-electron chi connectivity index (χ4n) is 10.3. The van der Waals surface area contributed by atoms with Gasteiger partial charge in [0.2, 0.25) is 0 Å². The number of allylic oxidation sites excluding steroid dienone is 2. The largest absolute Gasteiger partial charge is 0.469 e. The molecule has 8 atom stereocenters. The predicted molar refractivity (Wildman–Crippen MR) is 137 cm³/mol. The van der Waals surface area contributed by atoms with E-state index in [2.05, 4.69) is 40.7 Å². The van der Waals surface area contributed by atoms with Gasteiger partial charge in [-0.1, -0.05) is 46.3 Å². The van der Waals surface area contributed by atoms with Crippen LogP contribution >= 0.6 is 0 Å². The summed E-state index contributed by atoms with van der Waals surface area (Å²) in [5, 5.41) is 0. The molecule has 5 aliphatic carbocycles. The Morgan fingerprint density at radius 1 is 0.943 bits per heavy atom. The smallest absolute Gasteiger partial charge is 0.312 e. The van der Waals surface area contributed by atoms with Gasteiger partial charge in [-0.25, -0.2) is 0 Å². The highest BCUT2D eigenvalue weighted by Crippen LogP contribution is 2.74. The van der Waals surface area contributed by atoms with E-state index in [4.69, 9.17) is 9.47 Å². The highest BCUT2D eigenvalue weighted by Gasteiger charge is 2.67. The summed E-state index contributed by atoms with van der Waals surface area (Å²) in [6, 6.07) is 0. The van der Waals surface area contributed by atoms with E-state index >= 15 is 0 Å². The Labute approximate surface area is 213 Å². The Morgan fingerprint density at radius 3 is 2.34 bits per heavy atom. The SMILES string of the molecule is COC(=O)C12CCC(C)(C)CC1C1=CCC3C4(C)CCC(OC(C)=O)CC4CCC3(C)C1(C)CC2. The first-order chi connectivity index (χ1) is 16.3.